The number of amides is 1. The van der Waals surface area contributed by atoms with Gasteiger partial charge in [-0.05, 0) is 99.5 Å². The summed E-state index contributed by atoms with van der Waals surface area (Å²) in [4.78, 5) is 52.5. The Morgan fingerprint density at radius 3 is 1.44 bits per heavy atom. The van der Waals surface area contributed by atoms with Crippen molar-refractivity contribution >= 4 is 84.9 Å². The van der Waals surface area contributed by atoms with E-state index >= 15 is 0 Å². The van der Waals surface area contributed by atoms with Gasteiger partial charge in [-0.15, -0.1) is 0 Å². The van der Waals surface area contributed by atoms with Gasteiger partial charge in [0.2, 0.25) is 6.29 Å². The number of carboxylic acid groups (broad SMARTS) is 1. The minimum atomic E-state index is -4.64. The molecule has 8 aromatic heterocycles. The molecule has 468 valence electrons. The molecule has 0 aliphatic carbocycles. The highest BCUT2D eigenvalue weighted by molar-refractivity contribution is 7.17. The predicted octanol–water partition coefficient (Wildman–Crippen LogP) is 10.7. The minimum Gasteiger partial charge on any atom is -0.476 e. The maximum absolute atomic E-state index is 13.5. The zero-order valence-electron chi connectivity index (χ0n) is 49.8. The number of hydrogen-bond donors (Lipinski definition) is 2. The Balaban J connectivity index is 0.000000156. The second kappa shape index (κ2) is 25.1. The van der Waals surface area contributed by atoms with Gasteiger partial charge in [0.25, 0.3) is 5.91 Å². The Bertz CT molecular complexity index is 4410. The number of pyridine rings is 2. The van der Waals surface area contributed by atoms with Crippen molar-refractivity contribution in [2.75, 3.05) is 86.1 Å². The number of carbonyl (C=O) groups is 3. The number of carboxylic acids is 1. The zero-order valence-corrected chi connectivity index (χ0v) is 51.4. The van der Waals surface area contributed by atoms with E-state index in [-0.39, 0.29) is 28.7 Å². The number of aromatic carboxylic acids is 1. The summed E-state index contributed by atoms with van der Waals surface area (Å²) in [5, 5.41) is 49.3. The second-order valence-corrected chi connectivity index (χ2v) is 24.5. The molecule has 0 atom stereocenters. The van der Waals surface area contributed by atoms with Crippen LogP contribution in [0.1, 0.15) is 67.4 Å². The molecule has 2 aromatic carbocycles. The molecule has 0 bridgehead atoms. The van der Waals surface area contributed by atoms with Crippen LogP contribution in [-0.4, -0.2) is 140 Å². The molecule has 1 amide bonds. The van der Waals surface area contributed by atoms with Crippen LogP contribution in [0.3, 0.4) is 0 Å². The number of nitrogens with zero attached hydrogens (tertiary/aromatic N) is 15. The predicted molar refractivity (Wildman–Crippen MR) is 329 cm³/mol. The number of nitriles is 2. The van der Waals surface area contributed by atoms with Crippen LogP contribution < -0.4 is 24.9 Å². The summed E-state index contributed by atoms with van der Waals surface area (Å²) in [5.41, 5.74) is 13.6. The number of likely N-dealkylation sites (tertiary alicyclic amines) is 1. The average molecular weight is 1280 g/mol. The van der Waals surface area contributed by atoms with Gasteiger partial charge in [-0.25, -0.2) is 32.6 Å². The fourth-order valence-electron chi connectivity index (χ4n) is 11.6. The maximum atomic E-state index is 13.5. The number of halogens is 5. The monoisotopic (exact) mass is 1280 g/mol. The third-order valence-corrected chi connectivity index (χ3v) is 18.2. The summed E-state index contributed by atoms with van der Waals surface area (Å²) < 4.78 is 71.3. The normalized spacial score (nSPS) is 14.9. The topological polar surface area (TPSA) is 260 Å². The molecular weight excluding hydrogens is 1220 g/mol. The van der Waals surface area contributed by atoms with Crippen LogP contribution in [0, 0.1) is 59.0 Å². The highest BCUT2D eigenvalue weighted by atomic mass is 32.1. The summed E-state index contributed by atoms with van der Waals surface area (Å²) in [6.07, 6.45) is -1.58. The van der Waals surface area contributed by atoms with Gasteiger partial charge in [0.15, 0.2) is 21.7 Å². The lowest BCUT2D eigenvalue weighted by molar-refractivity contribution is -0.156. The van der Waals surface area contributed by atoms with E-state index in [4.69, 9.17) is 34.6 Å². The Hall–Kier alpha value is -10.1. The summed E-state index contributed by atoms with van der Waals surface area (Å²) in [7, 11) is 3.92. The summed E-state index contributed by atoms with van der Waals surface area (Å²) in [6.45, 7) is 15.8. The van der Waals surface area contributed by atoms with Gasteiger partial charge in [-0.2, -0.15) is 33.9 Å². The van der Waals surface area contributed by atoms with E-state index in [0.29, 0.717) is 61.2 Å². The van der Waals surface area contributed by atoms with Crippen molar-refractivity contribution in [3.05, 3.63) is 153 Å². The molecule has 22 nitrogen and oxygen atoms in total. The van der Waals surface area contributed by atoms with Crippen molar-refractivity contribution in [1.82, 2.24) is 49.7 Å². The first-order valence-corrected chi connectivity index (χ1v) is 30.1. The molecule has 2 spiro atoms. The summed E-state index contributed by atoms with van der Waals surface area (Å²) in [5.74, 6) is -1.81. The average Bonchev–Trinajstić information content (AvgIpc) is 1.47. The van der Waals surface area contributed by atoms with Crippen LogP contribution >= 0.6 is 22.7 Å². The first-order chi connectivity index (χ1) is 43.6. The summed E-state index contributed by atoms with van der Waals surface area (Å²) in [6, 6.07) is 28.3. The Kier molecular flexibility index (Phi) is 17.2. The molecule has 91 heavy (non-hydrogen) atoms. The number of thiazole rings is 2. The number of nitrogens with one attached hydrogen (secondary N) is 1. The lowest BCUT2D eigenvalue weighted by atomic mass is 9.72. The molecule has 14 rings (SSSR count). The van der Waals surface area contributed by atoms with E-state index in [9.17, 15) is 42.1 Å². The van der Waals surface area contributed by atoms with Crippen molar-refractivity contribution in [2.45, 2.75) is 46.7 Å². The largest absolute Gasteiger partial charge is 0.476 e. The van der Waals surface area contributed by atoms with Crippen LogP contribution in [0.2, 0.25) is 0 Å². The molecule has 4 fully saturated rings. The Morgan fingerprint density at radius 1 is 0.681 bits per heavy atom. The SMILES string of the molecule is CCc1nn2c(C)cc(N3CC4(CN(C(=O)c5ccon5)C4)C3)cc2c1N(C)c1nc(-c2ccc(F)cc2)c(C#N)s1.CCc1nn2c(C)cc(N3CC4(CNC4)C3)cc2c1N(C)c1nc(-c2ccc(F)cc2)c(C#N)s1.O=C(O)c1ccon1.O=CC(F)(F)F. The Labute approximate surface area is 524 Å². The van der Waals surface area contributed by atoms with E-state index in [1.54, 1.807) is 30.3 Å². The third kappa shape index (κ3) is 12.5. The van der Waals surface area contributed by atoms with Gasteiger partial charge < -0.3 is 44.0 Å². The van der Waals surface area contributed by atoms with Crippen molar-refractivity contribution in [2.24, 2.45) is 10.8 Å². The number of aldehydes is 1. The molecule has 0 unspecified atom stereocenters. The number of hydrogen-bond acceptors (Lipinski definition) is 20. The Morgan fingerprint density at radius 2 is 1.10 bits per heavy atom. The number of benzene rings is 2. The van der Waals surface area contributed by atoms with Gasteiger partial charge >= 0.3 is 12.1 Å². The number of aromatic nitrogens is 8. The first kappa shape index (κ1) is 62.5. The lowest BCUT2D eigenvalue weighted by Crippen LogP contribution is -2.73. The minimum absolute atomic E-state index is 0.0648. The smallest absolute Gasteiger partial charge is 0.446 e. The van der Waals surface area contributed by atoms with Gasteiger partial charge in [-0.3, -0.25) is 9.59 Å². The van der Waals surface area contributed by atoms with Crippen LogP contribution in [0.4, 0.5) is 55.0 Å². The molecule has 29 heteroatoms. The van der Waals surface area contributed by atoms with Crippen LogP contribution in [-0.2, 0) is 17.6 Å². The van der Waals surface area contributed by atoms with E-state index in [1.165, 1.54) is 71.2 Å². The quantitative estimate of drug-likeness (QED) is 0.0851. The number of aryl methyl sites for hydroxylation is 4. The van der Waals surface area contributed by atoms with Crippen molar-refractivity contribution in [3.8, 4) is 34.7 Å². The molecule has 4 aliphatic heterocycles. The molecule has 10 aromatic rings. The maximum Gasteiger partial charge on any atom is 0.446 e. The number of anilines is 6. The van der Waals surface area contributed by atoms with Gasteiger partial charge in [0, 0.05) is 123 Å². The third-order valence-electron chi connectivity index (χ3n) is 16.1. The van der Waals surface area contributed by atoms with Crippen LogP contribution in [0.5, 0.6) is 0 Å². The van der Waals surface area contributed by atoms with Gasteiger partial charge in [-0.1, -0.05) is 46.8 Å². The highest BCUT2D eigenvalue weighted by Crippen LogP contribution is 2.46. The fourth-order valence-corrected chi connectivity index (χ4v) is 13.3. The number of rotatable bonds is 12. The first-order valence-electron chi connectivity index (χ1n) is 28.5. The molecule has 0 radical (unpaired) electrons. The molecule has 4 saturated heterocycles. The van der Waals surface area contributed by atoms with E-state index in [1.807, 2.05) is 44.7 Å². The lowest BCUT2D eigenvalue weighted by Gasteiger charge is -2.60. The number of carbonyl (C=O) groups excluding carboxylic acids is 2. The molecule has 4 aliphatic rings. The molecule has 0 saturated carbocycles. The number of alkyl halides is 3. The molecule has 12 heterocycles. The zero-order chi connectivity index (χ0) is 64.7. The van der Waals surface area contributed by atoms with Gasteiger partial charge in [0.1, 0.15) is 57.4 Å². The van der Waals surface area contributed by atoms with E-state index in [2.05, 4.69) is 87.1 Å². The second-order valence-electron chi connectivity index (χ2n) is 22.5. The van der Waals surface area contributed by atoms with E-state index in [0.717, 1.165) is 109 Å². The summed E-state index contributed by atoms with van der Waals surface area (Å²) >= 11 is 2.64. The molecular formula is C62H57F5N16O6S2. The van der Waals surface area contributed by atoms with Gasteiger partial charge in [0.05, 0.1) is 33.8 Å². The van der Waals surface area contributed by atoms with Crippen LogP contribution in [0.25, 0.3) is 33.5 Å². The van der Waals surface area contributed by atoms with Crippen molar-refractivity contribution in [3.63, 3.8) is 0 Å². The van der Waals surface area contributed by atoms with Crippen molar-refractivity contribution in [1.29, 1.82) is 10.5 Å². The fraction of sp³-hybridized carbons (Fsp3) is 0.306. The number of fused-ring (bicyclic) bond motifs is 2. The van der Waals surface area contributed by atoms with E-state index < -0.39 is 18.4 Å². The molecule has 2 N–H and O–H groups in total. The van der Waals surface area contributed by atoms with Crippen molar-refractivity contribution < 1.29 is 50.5 Å². The highest BCUT2D eigenvalue weighted by Gasteiger charge is 2.54. The van der Waals surface area contributed by atoms with Crippen LogP contribution in [0.15, 0.2) is 107 Å². The standard InChI is InChI=1S/C30H27FN8O2S.C26H26FN7S.C4H3NO3.C2HF3O/c1-4-22-27(36(3)29-33-26(25(13-32)42-29)19-5-7-20(31)8-6-19)24-12-21(11-18(2)39(24)34-22)37-14-30(15-37)16-38(17-30)28(40)23-9-10-41-35-23;1-4-20-24(32(3)25-30-23(22(11-28)35-25)17-5-7-18(27)8-6-17)21-10-19(9-16(2)34(21)31-20)33-14-26(15-33)12-29-13-26;6-4(7)3-1-2-8-5-3;3-2(4,5)1-6/h5-12H,4,14-17H2,1-3H3;5-10,29H,4,12-15H2,1-3H3;1-2H,(H,6,7);1H.